The van der Waals surface area contributed by atoms with E-state index in [0.717, 1.165) is 35.8 Å². The zero-order valence-electron chi connectivity index (χ0n) is 10.4. The first-order valence-electron chi connectivity index (χ1n) is 6.36. The van der Waals surface area contributed by atoms with Crippen molar-refractivity contribution in [2.75, 3.05) is 10.6 Å². The van der Waals surface area contributed by atoms with Gasteiger partial charge in [0.1, 0.15) is 0 Å². The number of nitrogens with one attached hydrogen (secondary N) is 1. The van der Waals surface area contributed by atoms with E-state index in [1.807, 2.05) is 18.2 Å². The fraction of sp³-hybridized carbons (Fsp3) is 0.133. The molecule has 0 bridgehead atoms. The first-order chi connectivity index (χ1) is 9.29. The van der Waals surface area contributed by atoms with Crippen LogP contribution in [0.1, 0.15) is 11.1 Å². The van der Waals surface area contributed by atoms with Crippen molar-refractivity contribution in [1.29, 1.82) is 0 Å². The maximum Gasteiger partial charge on any atom is 0.204 e. The summed E-state index contributed by atoms with van der Waals surface area (Å²) in [5, 5.41) is 0. The third kappa shape index (κ3) is 1.64. The van der Waals surface area contributed by atoms with Crippen LogP contribution >= 0.6 is 0 Å². The van der Waals surface area contributed by atoms with Crippen LogP contribution in [-0.2, 0) is 13.1 Å². The van der Waals surface area contributed by atoms with Crippen molar-refractivity contribution in [3.05, 3.63) is 53.6 Å². The molecule has 1 aliphatic rings. The second kappa shape index (κ2) is 3.75. The Labute approximate surface area is 110 Å². The van der Waals surface area contributed by atoms with Gasteiger partial charge in [0.2, 0.25) is 5.95 Å². The number of nitrogens with two attached hydrogens (primary N) is 1. The SMILES string of the molecule is Nc1ccc2nc(N3Cc4ccccc4C3)[nH]c2c1. The van der Waals surface area contributed by atoms with Crippen LogP contribution in [0.4, 0.5) is 11.6 Å². The summed E-state index contributed by atoms with van der Waals surface area (Å²) in [6.45, 7) is 1.82. The zero-order chi connectivity index (χ0) is 12.8. The molecule has 0 saturated heterocycles. The van der Waals surface area contributed by atoms with Gasteiger partial charge in [-0.15, -0.1) is 0 Å². The number of nitrogen functional groups attached to an aromatic ring is 1. The van der Waals surface area contributed by atoms with E-state index in [0.29, 0.717) is 0 Å². The van der Waals surface area contributed by atoms with Gasteiger partial charge in [0, 0.05) is 18.8 Å². The van der Waals surface area contributed by atoms with Crippen LogP contribution in [0.3, 0.4) is 0 Å². The first-order valence-corrected chi connectivity index (χ1v) is 6.36. The monoisotopic (exact) mass is 250 g/mol. The minimum Gasteiger partial charge on any atom is -0.399 e. The van der Waals surface area contributed by atoms with Crippen molar-refractivity contribution in [1.82, 2.24) is 9.97 Å². The van der Waals surface area contributed by atoms with E-state index in [2.05, 4.69) is 39.1 Å². The molecule has 4 rings (SSSR count). The van der Waals surface area contributed by atoms with E-state index < -0.39 is 0 Å². The molecular formula is C15H14N4. The van der Waals surface area contributed by atoms with Crippen molar-refractivity contribution in [2.45, 2.75) is 13.1 Å². The lowest BCUT2D eigenvalue weighted by Crippen LogP contribution is -2.15. The Balaban J connectivity index is 1.73. The molecule has 19 heavy (non-hydrogen) atoms. The summed E-state index contributed by atoms with van der Waals surface area (Å²) in [4.78, 5) is 10.2. The molecule has 4 heteroatoms. The third-order valence-electron chi connectivity index (χ3n) is 3.63. The molecule has 3 N–H and O–H groups in total. The normalized spacial score (nSPS) is 14.0. The molecule has 0 saturated carbocycles. The number of hydrogen-bond donors (Lipinski definition) is 2. The van der Waals surface area contributed by atoms with Crippen molar-refractivity contribution in [2.24, 2.45) is 0 Å². The topological polar surface area (TPSA) is 57.9 Å². The van der Waals surface area contributed by atoms with Gasteiger partial charge in [-0.25, -0.2) is 4.98 Å². The minimum atomic E-state index is 0.757. The molecule has 1 aliphatic heterocycles. The van der Waals surface area contributed by atoms with Gasteiger partial charge in [-0.1, -0.05) is 24.3 Å². The number of rotatable bonds is 1. The standard InChI is InChI=1S/C15H14N4/c16-12-5-6-13-14(7-12)18-15(17-13)19-8-10-3-1-2-4-11(10)9-19/h1-7H,8-9,16H2,(H,17,18). The Morgan fingerprint density at radius 2 is 1.79 bits per heavy atom. The number of imidazole rings is 1. The van der Waals surface area contributed by atoms with Crippen LogP contribution in [0.5, 0.6) is 0 Å². The van der Waals surface area contributed by atoms with Gasteiger partial charge in [0.05, 0.1) is 11.0 Å². The summed E-state index contributed by atoms with van der Waals surface area (Å²) in [5.74, 6) is 0.914. The summed E-state index contributed by atoms with van der Waals surface area (Å²) < 4.78 is 0. The molecule has 2 aromatic carbocycles. The largest absolute Gasteiger partial charge is 0.399 e. The lowest BCUT2D eigenvalue weighted by Gasteiger charge is -2.12. The average molecular weight is 250 g/mol. The van der Waals surface area contributed by atoms with Crippen LogP contribution in [0.15, 0.2) is 42.5 Å². The van der Waals surface area contributed by atoms with Crippen molar-refractivity contribution >= 4 is 22.7 Å². The lowest BCUT2D eigenvalue weighted by atomic mass is 10.1. The Hall–Kier alpha value is -2.49. The molecule has 0 fully saturated rings. The predicted molar refractivity (Wildman–Crippen MR) is 76.8 cm³/mol. The van der Waals surface area contributed by atoms with Gasteiger partial charge in [0.15, 0.2) is 0 Å². The van der Waals surface area contributed by atoms with E-state index in [-0.39, 0.29) is 0 Å². The summed E-state index contributed by atoms with van der Waals surface area (Å²) in [6, 6.07) is 14.3. The number of hydrogen-bond acceptors (Lipinski definition) is 3. The number of H-pyrrole nitrogens is 1. The summed E-state index contributed by atoms with van der Waals surface area (Å²) in [6.07, 6.45) is 0. The van der Waals surface area contributed by atoms with Crippen LogP contribution in [0.2, 0.25) is 0 Å². The predicted octanol–water partition coefficient (Wildman–Crippen LogP) is 2.67. The molecule has 4 nitrogen and oxygen atoms in total. The molecule has 3 aromatic rings. The van der Waals surface area contributed by atoms with Gasteiger partial charge in [-0.3, -0.25) is 0 Å². The molecule has 2 heterocycles. The van der Waals surface area contributed by atoms with Crippen molar-refractivity contribution in [3.8, 4) is 0 Å². The maximum atomic E-state index is 5.79. The molecule has 0 aliphatic carbocycles. The molecule has 0 radical (unpaired) electrons. The number of aromatic amines is 1. The van der Waals surface area contributed by atoms with E-state index in [9.17, 15) is 0 Å². The van der Waals surface area contributed by atoms with Crippen LogP contribution in [0, 0.1) is 0 Å². The lowest BCUT2D eigenvalue weighted by molar-refractivity contribution is 0.844. The van der Waals surface area contributed by atoms with Gasteiger partial charge in [-0.2, -0.15) is 0 Å². The average Bonchev–Trinajstić information content (AvgIpc) is 3.00. The van der Waals surface area contributed by atoms with E-state index in [1.54, 1.807) is 0 Å². The Morgan fingerprint density at radius 1 is 1.05 bits per heavy atom. The van der Waals surface area contributed by atoms with E-state index in [1.165, 1.54) is 11.1 Å². The quantitative estimate of drug-likeness (QED) is 0.653. The number of aromatic nitrogens is 2. The molecule has 94 valence electrons. The summed E-state index contributed by atoms with van der Waals surface area (Å²) in [5.41, 5.74) is 11.3. The van der Waals surface area contributed by atoms with Gasteiger partial charge < -0.3 is 15.6 Å². The van der Waals surface area contributed by atoms with Gasteiger partial charge >= 0.3 is 0 Å². The van der Waals surface area contributed by atoms with Crippen molar-refractivity contribution in [3.63, 3.8) is 0 Å². The Kier molecular flexibility index (Phi) is 2.06. The maximum absolute atomic E-state index is 5.79. The number of fused-ring (bicyclic) bond motifs is 2. The molecular weight excluding hydrogens is 236 g/mol. The highest BCUT2D eigenvalue weighted by Gasteiger charge is 2.20. The summed E-state index contributed by atoms with van der Waals surface area (Å²) >= 11 is 0. The highest BCUT2D eigenvalue weighted by atomic mass is 15.3. The van der Waals surface area contributed by atoms with Gasteiger partial charge in [0.25, 0.3) is 0 Å². The molecule has 0 unspecified atom stereocenters. The molecule has 0 atom stereocenters. The number of nitrogens with zero attached hydrogens (tertiary/aromatic N) is 2. The highest BCUT2D eigenvalue weighted by molar-refractivity contribution is 5.81. The number of benzene rings is 2. The third-order valence-corrected chi connectivity index (χ3v) is 3.63. The van der Waals surface area contributed by atoms with E-state index >= 15 is 0 Å². The fourth-order valence-corrected chi connectivity index (χ4v) is 2.65. The first kappa shape index (κ1) is 10.4. The Bertz CT molecular complexity index is 735. The van der Waals surface area contributed by atoms with Crippen LogP contribution in [0.25, 0.3) is 11.0 Å². The summed E-state index contributed by atoms with van der Waals surface area (Å²) in [7, 11) is 0. The zero-order valence-corrected chi connectivity index (χ0v) is 10.4. The molecule has 1 aromatic heterocycles. The van der Waals surface area contributed by atoms with E-state index in [4.69, 9.17) is 5.73 Å². The second-order valence-electron chi connectivity index (χ2n) is 4.96. The molecule has 0 amide bonds. The fourth-order valence-electron chi connectivity index (χ4n) is 2.65. The highest BCUT2D eigenvalue weighted by Crippen LogP contribution is 2.28. The van der Waals surface area contributed by atoms with Crippen LogP contribution in [-0.4, -0.2) is 9.97 Å². The minimum absolute atomic E-state index is 0.757. The second-order valence-corrected chi connectivity index (χ2v) is 4.96. The number of anilines is 2. The smallest absolute Gasteiger partial charge is 0.204 e. The Morgan fingerprint density at radius 3 is 2.53 bits per heavy atom. The molecule has 0 spiro atoms. The van der Waals surface area contributed by atoms with Crippen LogP contribution < -0.4 is 10.6 Å². The van der Waals surface area contributed by atoms with Gasteiger partial charge in [-0.05, 0) is 29.3 Å². The van der Waals surface area contributed by atoms with Crippen molar-refractivity contribution < 1.29 is 0 Å².